The molecule has 114 valence electrons. The van der Waals surface area contributed by atoms with Crippen LogP contribution in [-0.2, 0) is 26.5 Å². The zero-order valence-electron chi connectivity index (χ0n) is 11.9. The lowest BCUT2D eigenvalue weighted by Gasteiger charge is -2.26. The van der Waals surface area contributed by atoms with Gasteiger partial charge in [-0.15, -0.1) is 0 Å². The fourth-order valence-corrected chi connectivity index (χ4v) is 2.12. The Kier molecular flexibility index (Phi) is 4.91. The van der Waals surface area contributed by atoms with Crippen molar-refractivity contribution in [2.75, 3.05) is 0 Å². The standard InChI is InChI=1S/C17H17NO4/c18-17(11-15(19)20,14-9-5-2-6-10-14)16(21)22-12-13-7-3-1-4-8-13/h1-10H,11-12,18H2,(H,19,20). The summed E-state index contributed by atoms with van der Waals surface area (Å²) in [7, 11) is 0. The van der Waals surface area contributed by atoms with Crippen molar-refractivity contribution in [1.82, 2.24) is 0 Å². The molecule has 0 heterocycles. The van der Waals surface area contributed by atoms with Crippen molar-refractivity contribution >= 4 is 11.9 Å². The van der Waals surface area contributed by atoms with Crippen molar-refractivity contribution in [3.63, 3.8) is 0 Å². The van der Waals surface area contributed by atoms with E-state index < -0.39 is 23.9 Å². The van der Waals surface area contributed by atoms with Crippen LogP contribution >= 0.6 is 0 Å². The molecule has 0 aliphatic heterocycles. The van der Waals surface area contributed by atoms with E-state index in [1.165, 1.54) is 0 Å². The van der Waals surface area contributed by atoms with E-state index in [2.05, 4.69) is 0 Å². The van der Waals surface area contributed by atoms with Crippen LogP contribution < -0.4 is 5.73 Å². The first kappa shape index (κ1) is 15.7. The molecule has 0 aliphatic carbocycles. The maximum Gasteiger partial charge on any atom is 0.331 e. The lowest BCUT2D eigenvalue weighted by atomic mass is 9.87. The highest BCUT2D eigenvalue weighted by atomic mass is 16.5. The van der Waals surface area contributed by atoms with Gasteiger partial charge in [0.25, 0.3) is 0 Å². The summed E-state index contributed by atoms with van der Waals surface area (Å²) in [5.41, 5.74) is 5.59. The number of esters is 1. The fourth-order valence-electron chi connectivity index (χ4n) is 2.12. The predicted octanol–water partition coefficient (Wildman–Crippen LogP) is 2.06. The third-order valence-corrected chi connectivity index (χ3v) is 3.30. The molecular formula is C17H17NO4. The number of hydrogen-bond acceptors (Lipinski definition) is 4. The summed E-state index contributed by atoms with van der Waals surface area (Å²) < 4.78 is 5.22. The lowest BCUT2D eigenvalue weighted by molar-refractivity contribution is -0.156. The molecule has 0 amide bonds. The summed E-state index contributed by atoms with van der Waals surface area (Å²) in [5, 5.41) is 9.06. The first-order valence-electron chi connectivity index (χ1n) is 6.80. The SMILES string of the molecule is NC(CC(=O)O)(C(=O)OCc1ccccc1)c1ccccc1. The van der Waals surface area contributed by atoms with Crippen LogP contribution in [0.25, 0.3) is 0 Å². The fraction of sp³-hybridized carbons (Fsp3) is 0.176. The van der Waals surface area contributed by atoms with Crippen molar-refractivity contribution in [3.05, 3.63) is 71.8 Å². The van der Waals surface area contributed by atoms with Crippen LogP contribution in [-0.4, -0.2) is 17.0 Å². The van der Waals surface area contributed by atoms with Gasteiger partial charge in [-0.3, -0.25) is 4.79 Å². The molecule has 0 aromatic heterocycles. The molecule has 1 unspecified atom stereocenters. The summed E-state index contributed by atoms with van der Waals surface area (Å²) in [4.78, 5) is 23.4. The van der Waals surface area contributed by atoms with Crippen molar-refractivity contribution in [2.45, 2.75) is 18.6 Å². The maximum atomic E-state index is 12.4. The Morgan fingerprint density at radius 3 is 2.09 bits per heavy atom. The zero-order chi connectivity index (χ0) is 16.0. The Bertz CT molecular complexity index is 642. The number of carbonyl (C=O) groups excluding carboxylic acids is 1. The van der Waals surface area contributed by atoms with Crippen LogP contribution in [0.2, 0.25) is 0 Å². The monoisotopic (exact) mass is 299 g/mol. The third-order valence-electron chi connectivity index (χ3n) is 3.30. The first-order chi connectivity index (χ1) is 10.5. The molecule has 2 aromatic rings. The number of carbonyl (C=O) groups is 2. The van der Waals surface area contributed by atoms with Crippen LogP contribution in [0, 0.1) is 0 Å². The Morgan fingerprint density at radius 1 is 1.00 bits per heavy atom. The van der Waals surface area contributed by atoms with E-state index in [4.69, 9.17) is 15.6 Å². The second-order valence-corrected chi connectivity index (χ2v) is 4.97. The summed E-state index contributed by atoms with van der Waals surface area (Å²) in [6.45, 7) is 0.0467. The van der Waals surface area contributed by atoms with Crippen LogP contribution in [0.3, 0.4) is 0 Å². The highest BCUT2D eigenvalue weighted by Gasteiger charge is 2.40. The molecular weight excluding hydrogens is 282 g/mol. The zero-order valence-corrected chi connectivity index (χ0v) is 11.9. The van der Waals surface area contributed by atoms with Gasteiger partial charge in [0, 0.05) is 0 Å². The van der Waals surface area contributed by atoms with E-state index in [9.17, 15) is 9.59 Å². The molecule has 3 N–H and O–H groups in total. The summed E-state index contributed by atoms with van der Waals surface area (Å²) >= 11 is 0. The van der Waals surface area contributed by atoms with Gasteiger partial charge >= 0.3 is 11.9 Å². The van der Waals surface area contributed by atoms with E-state index in [0.29, 0.717) is 5.56 Å². The molecule has 0 saturated heterocycles. The smallest absolute Gasteiger partial charge is 0.331 e. The van der Waals surface area contributed by atoms with Gasteiger partial charge in [-0.05, 0) is 11.1 Å². The van der Waals surface area contributed by atoms with Crippen LogP contribution in [0.4, 0.5) is 0 Å². The minimum Gasteiger partial charge on any atom is -0.481 e. The molecule has 2 rings (SSSR count). The van der Waals surface area contributed by atoms with E-state index in [1.54, 1.807) is 30.3 Å². The second kappa shape index (κ2) is 6.87. The van der Waals surface area contributed by atoms with E-state index >= 15 is 0 Å². The number of aliphatic carboxylic acids is 1. The van der Waals surface area contributed by atoms with E-state index in [-0.39, 0.29) is 6.61 Å². The quantitative estimate of drug-likeness (QED) is 0.797. The lowest BCUT2D eigenvalue weighted by Crippen LogP contribution is -2.47. The second-order valence-electron chi connectivity index (χ2n) is 4.97. The van der Waals surface area contributed by atoms with E-state index in [1.807, 2.05) is 30.3 Å². The number of nitrogens with two attached hydrogens (primary N) is 1. The molecule has 0 saturated carbocycles. The Hall–Kier alpha value is -2.66. The number of carboxylic acids is 1. The Morgan fingerprint density at radius 2 is 1.55 bits per heavy atom. The average Bonchev–Trinajstić information content (AvgIpc) is 2.53. The van der Waals surface area contributed by atoms with Gasteiger partial charge < -0.3 is 15.6 Å². The van der Waals surface area contributed by atoms with Gasteiger partial charge in [-0.2, -0.15) is 0 Å². The number of hydrogen-bond donors (Lipinski definition) is 2. The summed E-state index contributed by atoms with van der Waals surface area (Å²) in [6.07, 6.45) is -0.537. The van der Waals surface area contributed by atoms with Gasteiger partial charge in [0.2, 0.25) is 0 Å². The van der Waals surface area contributed by atoms with Gasteiger partial charge in [0.1, 0.15) is 6.61 Å². The molecule has 5 heteroatoms. The molecule has 0 spiro atoms. The molecule has 1 atom stereocenters. The first-order valence-corrected chi connectivity index (χ1v) is 6.80. The molecule has 5 nitrogen and oxygen atoms in total. The van der Waals surface area contributed by atoms with Gasteiger partial charge in [-0.25, -0.2) is 4.79 Å². The minimum atomic E-state index is -1.71. The molecule has 0 fully saturated rings. The van der Waals surface area contributed by atoms with Crippen molar-refractivity contribution in [2.24, 2.45) is 5.73 Å². The Labute approximate surface area is 128 Å². The Balaban J connectivity index is 2.18. The van der Waals surface area contributed by atoms with Gasteiger partial charge in [0.15, 0.2) is 5.54 Å². The van der Waals surface area contributed by atoms with Crippen molar-refractivity contribution in [3.8, 4) is 0 Å². The molecule has 22 heavy (non-hydrogen) atoms. The maximum absolute atomic E-state index is 12.4. The summed E-state index contributed by atoms with van der Waals surface area (Å²) in [5.74, 6) is -1.92. The van der Waals surface area contributed by atoms with Crippen LogP contribution in [0.1, 0.15) is 17.5 Å². The molecule has 0 aliphatic rings. The molecule has 0 bridgehead atoms. The van der Waals surface area contributed by atoms with Crippen molar-refractivity contribution in [1.29, 1.82) is 0 Å². The molecule has 0 radical (unpaired) electrons. The molecule has 2 aromatic carbocycles. The highest BCUT2D eigenvalue weighted by Crippen LogP contribution is 2.24. The minimum absolute atomic E-state index is 0.0467. The third kappa shape index (κ3) is 3.71. The number of ether oxygens (including phenoxy) is 1. The largest absolute Gasteiger partial charge is 0.481 e. The van der Waals surface area contributed by atoms with E-state index in [0.717, 1.165) is 5.56 Å². The predicted molar refractivity (Wildman–Crippen MR) is 80.8 cm³/mol. The average molecular weight is 299 g/mol. The van der Waals surface area contributed by atoms with Gasteiger partial charge in [0.05, 0.1) is 6.42 Å². The van der Waals surface area contributed by atoms with Crippen molar-refractivity contribution < 1.29 is 19.4 Å². The number of benzene rings is 2. The van der Waals surface area contributed by atoms with Crippen LogP contribution in [0.5, 0.6) is 0 Å². The normalized spacial score (nSPS) is 13.1. The summed E-state index contributed by atoms with van der Waals surface area (Å²) in [6, 6.07) is 17.5. The highest BCUT2D eigenvalue weighted by molar-refractivity contribution is 5.87. The topological polar surface area (TPSA) is 89.6 Å². The number of carboxylic acid groups (broad SMARTS) is 1. The van der Waals surface area contributed by atoms with Crippen LogP contribution in [0.15, 0.2) is 60.7 Å². The number of rotatable bonds is 6. The van der Waals surface area contributed by atoms with Gasteiger partial charge in [-0.1, -0.05) is 60.7 Å².